The molecule has 0 radical (unpaired) electrons. The quantitative estimate of drug-likeness (QED) is 0.802. The minimum Gasteiger partial charge on any atom is -0.466 e. The van der Waals surface area contributed by atoms with E-state index in [2.05, 4.69) is 5.10 Å². The number of carbonyl (C=O) groups is 2. The van der Waals surface area contributed by atoms with Gasteiger partial charge in [-0.25, -0.2) is 0 Å². The molecule has 3 rings (SSSR count). The fourth-order valence-corrected chi connectivity index (χ4v) is 3.32. The third-order valence-electron chi connectivity index (χ3n) is 4.54. The lowest BCUT2D eigenvalue weighted by molar-refractivity contribution is -0.149. The Labute approximate surface area is 147 Å². The average Bonchev–Trinajstić information content (AvgIpc) is 3.03. The summed E-state index contributed by atoms with van der Waals surface area (Å²) in [6.07, 6.45) is 3.18. The highest BCUT2D eigenvalue weighted by Gasteiger charge is 2.31. The van der Waals surface area contributed by atoms with Gasteiger partial charge < -0.3 is 9.64 Å². The van der Waals surface area contributed by atoms with Crippen molar-refractivity contribution in [2.24, 2.45) is 13.0 Å². The fraction of sp³-hybridized carbons (Fsp3) is 0.421. The number of benzene rings is 1. The number of esters is 1. The molecule has 1 amide bonds. The molecule has 0 N–H and O–H groups in total. The van der Waals surface area contributed by atoms with Crippen molar-refractivity contribution < 1.29 is 14.3 Å². The predicted octanol–water partition coefficient (Wildman–Crippen LogP) is 2.50. The van der Waals surface area contributed by atoms with Gasteiger partial charge in [0, 0.05) is 25.7 Å². The van der Waals surface area contributed by atoms with E-state index >= 15 is 0 Å². The van der Waals surface area contributed by atoms with E-state index in [1.54, 1.807) is 22.7 Å². The number of hydrogen-bond acceptors (Lipinski definition) is 4. The number of likely N-dealkylation sites (tertiary alicyclic amines) is 1. The van der Waals surface area contributed by atoms with Crippen molar-refractivity contribution in [3.8, 4) is 11.3 Å². The van der Waals surface area contributed by atoms with Crippen LogP contribution in [0.5, 0.6) is 0 Å². The maximum absolute atomic E-state index is 13.1. The summed E-state index contributed by atoms with van der Waals surface area (Å²) in [7, 11) is 1.83. The summed E-state index contributed by atoms with van der Waals surface area (Å²) in [5, 5.41) is 4.27. The van der Waals surface area contributed by atoms with E-state index in [4.69, 9.17) is 4.74 Å². The summed E-state index contributed by atoms with van der Waals surface area (Å²) in [5.74, 6) is -0.537. The first kappa shape index (κ1) is 17.2. The average molecular weight is 341 g/mol. The van der Waals surface area contributed by atoms with E-state index in [-0.39, 0.29) is 17.8 Å². The third-order valence-corrected chi connectivity index (χ3v) is 4.54. The molecule has 1 aromatic heterocycles. The number of hydrogen-bond donors (Lipinski definition) is 0. The topological polar surface area (TPSA) is 64.4 Å². The van der Waals surface area contributed by atoms with Crippen molar-refractivity contribution in [3.63, 3.8) is 0 Å². The Morgan fingerprint density at radius 2 is 2.04 bits per heavy atom. The Balaban J connectivity index is 1.83. The predicted molar refractivity (Wildman–Crippen MR) is 93.9 cm³/mol. The molecule has 1 aromatic carbocycles. The van der Waals surface area contributed by atoms with Gasteiger partial charge in [-0.05, 0) is 19.8 Å². The standard InChI is InChI=1S/C19H23N3O3/c1-3-25-19(24)15-10-7-11-22(13-15)18(23)16-12-20-21(2)17(16)14-8-5-4-6-9-14/h4-6,8-9,12,15H,3,7,10-11,13H2,1-2H3/t15-/m0/s1. The molecule has 1 fully saturated rings. The summed E-state index contributed by atoms with van der Waals surface area (Å²) >= 11 is 0. The van der Waals surface area contributed by atoms with Gasteiger partial charge in [0.2, 0.25) is 0 Å². The molecule has 1 saturated heterocycles. The SMILES string of the molecule is CCOC(=O)[C@H]1CCCN(C(=O)c2cnn(C)c2-c2ccccc2)C1. The number of nitrogens with zero attached hydrogens (tertiary/aromatic N) is 3. The summed E-state index contributed by atoms with van der Waals surface area (Å²) in [4.78, 5) is 26.8. The number of aryl methyl sites for hydroxylation is 1. The van der Waals surface area contributed by atoms with Gasteiger partial charge in [0.1, 0.15) is 0 Å². The molecular weight excluding hydrogens is 318 g/mol. The van der Waals surface area contributed by atoms with Gasteiger partial charge in [0.15, 0.2) is 0 Å². The lowest BCUT2D eigenvalue weighted by Crippen LogP contribution is -2.42. The zero-order chi connectivity index (χ0) is 17.8. The van der Waals surface area contributed by atoms with Crippen molar-refractivity contribution >= 4 is 11.9 Å². The van der Waals surface area contributed by atoms with E-state index in [0.717, 1.165) is 24.1 Å². The highest BCUT2D eigenvalue weighted by molar-refractivity contribution is 6.00. The first-order chi connectivity index (χ1) is 12.1. The van der Waals surface area contributed by atoms with Crippen LogP contribution < -0.4 is 0 Å². The molecular formula is C19H23N3O3. The Morgan fingerprint density at radius 3 is 2.76 bits per heavy atom. The molecule has 1 atom stereocenters. The Bertz CT molecular complexity index is 755. The molecule has 6 nitrogen and oxygen atoms in total. The van der Waals surface area contributed by atoms with Crippen LogP contribution in [0.1, 0.15) is 30.1 Å². The Hall–Kier alpha value is -2.63. The number of amides is 1. The van der Waals surface area contributed by atoms with Crippen LogP contribution >= 0.6 is 0 Å². The summed E-state index contributed by atoms with van der Waals surface area (Å²) in [6, 6.07) is 9.75. The van der Waals surface area contributed by atoms with E-state index in [1.807, 2.05) is 37.4 Å². The molecule has 0 bridgehead atoms. The number of rotatable bonds is 4. The largest absolute Gasteiger partial charge is 0.466 e. The smallest absolute Gasteiger partial charge is 0.310 e. The Morgan fingerprint density at radius 1 is 1.28 bits per heavy atom. The molecule has 2 heterocycles. The fourth-order valence-electron chi connectivity index (χ4n) is 3.32. The normalized spacial score (nSPS) is 17.4. The van der Waals surface area contributed by atoms with Crippen LogP contribution in [0.2, 0.25) is 0 Å². The molecule has 1 aliphatic rings. The molecule has 132 valence electrons. The molecule has 0 aliphatic carbocycles. The molecule has 0 saturated carbocycles. The molecule has 0 spiro atoms. The van der Waals surface area contributed by atoms with Gasteiger partial charge in [-0.15, -0.1) is 0 Å². The number of carbonyl (C=O) groups excluding carboxylic acids is 2. The molecule has 1 aliphatic heterocycles. The van der Waals surface area contributed by atoms with Crippen LogP contribution in [0.25, 0.3) is 11.3 Å². The van der Waals surface area contributed by atoms with E-state index in [1.165, 1.54) is 0 Å². The minimum absolute atomic E-state index is 0.0825. The number of aromatic nitrogens is 2. The van der Waals surface area contributed by atoms with Crippen molar-refractivity contribution in [1.29, 1.82) is 0 Å². The summed E-state index contributed by atoms with van der Waals surface area (Å²) in [5.41, 5.74) is 2.31. The van der Waals surface area contributed by atoms with Gasteiger partial charge >= 0.3 is 5.97 Å². The van der Waals surface area contributed by atoms with Crippen LogP contribution in [0.15, 0.2) is 36.5 Å². The van der Waals surface area contributed by atoms with Crippen molar-refractivity contribution in [3.05, 3.63) is 42.1 Å². The number of ether oxygens (including phenoxy) is 1. The zero-order valence-electron chi connectivity index (χ0n) is 14.6. The lowest BCUT2D eigenvalue weighted by Gasteiger charge is -2.31. The van der Waals surface area contributed by atoms with Gasteiger partial charge in [-0.3, -0.25) is 14.3 Å². The maximum Gasteiger partial charge on any atom is 0.310 e. The monoisotopic (exact) mass is 341 g/mol. The van der Waals surface area contributed by atoms with E-state index in [9.17, 15) is 9.59 Å². The van der Waals surface area contributed by atoms with Crippen LogP contribution in [0, 0.1) is 5.92 Å². The van der Waals surface area contributed by atoms with Crippen LogP contribution in [-0.4, -0.2) is 46.3 Å². The minimum atomic E-state index is -0.241. The first-order valence-corrected chi connectivity index (χ1v) is 8.65. The maximum atomic E-state index is 13.1. The Kier molecular flexibility index (Phi) is 5.16. The molecule has 2 aromatic rings. The summed E-state index contributed by atoms with van der Waals surface area (Å²) < 4.78 is 6.84. The van der Waals surface area contributed by atoms with E-state index in [0.29, 0.717) is 25.3 Å². The van der Waals surface area contributed by atoms with Gasteiger partial charge in [0.05, 0.1) is 30.0 Å². The molecule has 6 heteroatoms. The highest BCUT2D eigenvalue weighted by atomic mass is 16.5. The third kappa shape index (κ3) is 3.57. The van der Waals surface area contributed by atoms with E-state index < -0.39 is 0 Å². The molecule has 0 unspecified atom stereocenters. The van der Waals surface area contributed by atoms with Gasteiger partial charge in [-0.2, -0.15) is 5.10 Å². The van der Waals surface area contributed by atoms with Gasteiger partial charge in [-0.1, -0.05) is 30.3 Å². The van der Waals surface area contributed by atoms with Crippen LogP contribution in [-0.2, 0) is 16.6 Å². The molecule has 25 heavy (non-hydrogen) atoms. The van der Waals surface area contributed by atoms with Gasteiger partial charge in [0.25, 0.3) is 5.91 Å². The number of piperidine rings is 1. The van der Waals surface area contributed by atoms with Crippen LogP contribution in [0.3, 0.4) is 0 Å². The highest BCUT2D eigenvalue weighted by Crippen LogP contribution is 2.26. The lowest BCUT2D eigenvalue weighted by atomic mass is 9.97. The second-order valence-corrected chi connectivity index (χ2v) is 6.24. The first-order valence-electron chi connectivity index (χ1n) is 8.65. The second kappa shape index (κ2) is 7.51. The zero-order valence-corrected chi connectivity index (χ0v) is 14.6. The van der Waals surface area contributed by atoms with Crippen molar-refractivity contribution in [2.75, 3.05) is 19.7 Å². The second-order valence-electron chi connectivity index (χ2n) is 6.24. The van der Waals surface area contributed by atoms with Crippen molar-refractivity contribution in [1.82, 2.24) is 14.7 Å². The van der Waals surface area contributed by atoms with Crippen molar-refractivity contribution in [2.45, 2.75) is 19.8 Å². The summed E-state index contributed by atoms with van der Waals surface area (Å²) in [6.45, 7) is 3.22. The van der Waals surface area contributed by atoms with Crippen LogP contribution in [0.4, 0.5) is 0 Å².